The highest BCUT2D eigenvalue weighted by Gasteiger charge is 2.12. The summed E-state index contributed by atoms with van der Waals surface area (Å²) >= 11 is 1.70. The van der Waals surface area contributed by atoms with Crippen LogP contribution in [0.2, 0.25) is 0 Å². The van der Waals surface area contributed by atoms with E-state index in [1.54, 1.807) is 35.6 Å². The van der Waals surface area contributed by atoms with Gasteiger partial charge in [-0.05, 0) is 36.4 Å². The van der Waals surface area contributed by atoms with E-state index in [1.807, 2.05) is 11.4 Å². The zero-order valence-corrected chi connectivity index (χ0v) is 13.7. The molecule has 2 amide bonds. The van der Waals surface area contributed by atoms with Crippen LogP contribution >= 0.6 is 11.3 Å². The predicted molar refractivity (Wildman–Crippen MR) is 93.7 cm³/mol. The second-order valence-electron chi connectivity index (χ2n) is 5.07. The Kier molecular flexibility index (Phi) is 6.77. The number of benzene rings is 1. The lowest BCUT2D eigenvalue weighted by Crippen LogP contribution is -2.29. The molecule has 4 N–H and O–H groups in total. The van der Waals surface area contributed by atoms with Gasteiger partial charge in [-0.15, -0.1) is 11.3 Å². The molecule has 1 heterocycles. The number of anilines is 1. The van der Waals surface area contributed by atoms with Crippen molar-refractivity contribution in [2.24, 2.45) is 5.73 Å². The van der Waals surface area contributed by atoms with Gasteiger partial charge in [0.25, 0.3) is 5.91 Å². The van der Waals surface area contributed by atoms with Crippen molar-refractivity contribution in [3.8, 4) is 0 Å². The van der Waals surface area contributed by atoms with Gasteiger partial charge in [-0.3, -0.25) is 9.59 Å². The number of para-hydroxylation sites is 1. The van der Waals surface area contributed by atoms with Crippen LogP contribution in [0.3, 0.4) is 0 Å². The van der Waals surface area contributed by atoms with E-state index in [0.29, 0.717) is 30.8 Å². The van der Waals surface area contributed by atoms with Crippen LogP contribution in [0.5, 0.6) is 0 Å². The summed E-state index contributed by atoms with van der Waals surface area (Å²) in [4.78, 5) is 25.4. The van der Waals surface area contributed by atoms with Crippen molar-refractivity contribution >= 4 is 28.8 Å². The highest BCUT2D eigenvalue weighted by molar-refractivity contribution is 7.09. The van der Waals surface area contributed by atoms with Crippen molar-refractivity contribution in [2.45, 2.75) is 19.3 Å². The minimum absolute atomic E-state index is 0.0827. The average Bonchev–Trinajstić information content (AvgIpc) is 3.06. The van der Waals surface area contributed by atoms with Crippen molar-refractivity contribution in [1.82, 2.24) is 5.32 Å². The van der Waals surface area contributed by atoms with Gasteiger partial charge in [0.2, 0.25) is 5.91 Å². The van der Waals surface area contributed by atoms with Crippen LogP contribution in [0.4, 0.5) is 5.69 Å². The average molecular weight is 331 g/mol. The maximum absolute atomic E-state index is 12.1. The molecule has 23 heavy (non-hydrogen) atoms. The molecule has 0 aliphatic carbocycles. The van der Waals surface area contributed by atoms with Crippen molar-refractivity contribution in [3.63, 3.8) is 0 Å². The summed E-state index contributed by atoms with van der Waals surface area (Å²) in [6.45, 7) is 0.783. The van der Waals surface area contributed by atoms with E-state index in [1.165, 1.54) is 4.88 Å². The third-order valence-electron chi connectivity index (χ3n) is 3.28. The molecule has 1 aromatic carbocycles. The van der Waals surface area contributed by atoms with Crippen molar-refractivity contribution in [3.05, 3.63) is 52.2 Å². The van der Waals surface area contributed by atoms with Crippen LogP contribution in [-0.2, 0) is 11.2 Å². The number of carbonyl (C=O) groups is 2. The SMILES string of the molecule is NCCNC(=O)c1ccccc1NC(=O)CCCc1cccs1. The Bertz CT molecular complexity index is 641. The van der Waals surface area contributed by atoms with E-state index in [-0.39, 0.29) is 11.8 Å². The Morgan fingerprint density at radius 3 is 2.70 bits per heavy atom. The summed E-state index contributed by atoms with van der Waals surface area (Å²) in [7, 11) is 0. The van der Waals surface area contributed by atoms with E-state index in [2.05, 4.69) is 16.7 Å². The maximum Gasteiger partial charge on any atom is 0.253 e. The molecule has 0 spiro atoms. The van der Waals surface area contributed by atoms with Gasteiger partial charge in [0, 0.05) is 24.4 Å². The molecule has 0 aliphatic heterocycles. The lowest BCUT2D eigenvalue weighted by atomic mass is 10.1. The van der Waals surface area contributed by atoms with E-state index in [4.69, 9.17) is 5.73 Å². The first-order valence-corrected chi connectivity index (χ1v) is 8.48. The molecule has 5 nitrogen and oxygen atoms in total. The summed E-state index contributed by atoms with van der Waals surface area (Å²) in [5.41, 5.74) is 6.37. The maximum atomic E-state index is 12.1. The molecule has 0 fully saturated rings. The van der Waals surface area contributed by atoms with Gasteiger partial charge >= 0.3 is 0 Å². The Balaban J connectivity index is 1.88. The molecule has 0 unspecified atom stereocenters. The first-order chi connectivity index (χ1) is 11.2. The van der Waals surface area contributed by atoms with Crippen LogP contribution in [0.15, 0.2) is 41.8 Å². The number of hydrogen-bond acceptors (Lipinski definition) is 4. The number of amides is 2. The molecule has 0 saturated heterocycles. The van der Waals surface area contributed by atoms with Crippen LogP contribution in [0.1, 0.15) is 28.1 Å². The number of aryl methyl sites for hydroxylation is 1. The topological polar surface area (TPSA) is 84.2 Å². The second-order valence-corrected chi connectivity index (χ2v) is 6.10. The number of nitrogens with two attached hydrogens (primary N) is 1. The number of hydrogen-bond donors (Lipinski definition) is 3. The standard InChI is InChI=1S/C17H21N3O2S/c18-10-11-19-17(22)14-7-1-2-8-15(14)20-16(21)9-3-5-13-6-4-12-23-13/h1-2,4,6-8,12H,3,5,9-11,18H2,(H,19,22)(H,20,21). The molecule has 2 aromatic rings. The van der Waals surface area contributed by atoms with Gasteiger partial charge in [-0.2, -0.15) is 0 Å². The van der Waals surface area contributed by atoms with Crippen molar-refractivity contribution in [1.29, 1.82) is 0 Å². The predicted octanol–water partition coefficient (Wildman–Crippen LogP) is 2.40. The Labute approximate surface area is 139 Å². The first-order valence-electron chi connectivity index (χ1n) is 7.60. The number of carbonyl (C=O) groups excluding carboxylic acids is 2. The Morgan fingerprint density at radius 2 is 1.96 bits per heavy atom. The van der Waals surface area contributed by atoms with E-state index < -0.39 is 0 Å². The molecular weight excluding hydrogens is 310 g/mol. The van der Waals surface area contributed by atoms with E-state index in [9.17, 15) is 9.59 Å². The summed E-state index contributed by atoms with van der Waals surface area (Å²) in [6, 6.07) is 11.1. The quantitative estimate of drug-likeness (QED) is 0.694. The number of rotatable bonds is 8. The minimum Gasteiger partial charge on any atom is -0.351 e. The lowest BCUT2D eigenvalue weighted by Gasteiger charge is -2.11. The Morgan fingerprint density at radius 1 is 1.13 bits per heavy atom. The van der Waals surface area contributed by atoms with Crippen LogP contribution in [0.25, 0.3) is 0 Å². The summed E-state index contributed by atoms with van der Waals surface area (Å²) in [5.74, 6) is -0.314. The second kappa shape index (κ2) is 9.07. The fourth-order valence-electron chi connectivity index (χ4n) is 2.16. The molecule has 0 aliphatic rings. The van der Waals surface area contributed by atoms with E-state index >= 15 is 0 Å². The molecule has 2 rings (SSSR count). The highest BCUT2D eigenvalue weighted by atomic mass is 32.1. The van der Waals surface area contributed by atoms with Crippen molar-refractivity contribution < 1.29 is 9.59 Å². The van der Waals surface area contributed by atoms with Gasteiger partial charge in [-0.1, -0.05) is 18.2 Å². The first kappa shape index (κ1) is 17.2. The van der Waals surface area contributed by atoms with Gasteiger partial charge in [0.05, 0.1) is 11.3 Å². The minimum atomic E-state index is -0.232. The van der Waals surface area contributed by atoms with E-state index in [0.717, 1.165) is 12.8 Å². The van der Waals surface area contributed by atoms with Gasteiger partial charge in [0.1, 0.15) is 0 Å². The van der Waals surface area contributed by atoms with Crippen LogP contribution in [0, 0.1) is 0 Å². The van der Waals surface area contributed by atoms with Gasteiger partial charge < -0.3 is 16.4 Å². The van der Waals surface area contributed by atoms with Gasteiger partial charge in [0.15, 0.2) is 0 Å². The van der Waals surface area contributed by atoms with Gasteiger partial charge in [-0.25, -0.2) is 0 Å². The summed E-state index contributed by atoms with van der Waals surface area (Å²) in [5, 5.41) is 7.56. The largest absolute Gasteiger partial charge is 0.351 e. The molecule has 0 radical (unpaired) electrons. The van der Waals surface area contributed by atoms with Crippen molar-refractivity contribution in [2.75, 3.05) is 18.4 Å². The smallest absolute Gasteiger partial charge is 0.253 e. The van der Waals surface area contributed by atoms with Crippen LogP contribution in [-0.4, -0.2) is 24.9 Å². The fourth-order valence-corrected chi connectivity index (χ4v) is 2.91. The third-order valence-corrected chi connectivity index (χ3v) is 4.22. The molecule has 1 aromatic heterocycles. The fraction of sp³-hybridized carbons (Fsp3) is 0.294. The van der Waals surface area contributed by atoms with Crippen LogP contribution < -0.4 is 16.4 Å². The Hall–Kier alpha value is -2.18. The molecule has 122 valence electrons. The normalized spacial score (nSPS) is 10.3. The molecule has 0 saturated carbocycles. The number of thiophene rings is 1. The summed E-state index contributed by atoms with van der Waals surface area (Å²) < 4.78 is 0. The zero-order chi connectivity index (χ0) is 16.5. The summed E-state index contributed by atoms with van der Waals surface area (Å²) in [6.07, 6.45) is 2.11. The number of nitrogens with one attached hydrogen (secondary N) is 2. The third kappa shape index (κ3) is 5.50. The molecular formula is C17H21N3O2S. The molecule has 0 atom stereocenters. The highest BCUT2D eigenvalue weighted by Crippen LogP contribution is 2.16. The zero-order valence-electron chi connectivity index (χ0n) is 12.9. The monoisotopic (exact) mass is 331 g/mol. The lowest BCUT2D eigenvalue weighted by molar-refractivity contribution is -0.116. The molecule has 0 bridgehead atoms. The molecule has 6 heteroatoms.